The first-order chi connectivity index (χ1) is 10.5. The number of hydrogen-bond acceptors (Lipinski definition) is 3. The van der Waals surface area contributed by atoms with E-state index in [4.69, 9.17) is 0 Å². The SMILES string of the molecule is CC(=O)c1ccccc1C(=O)NCC(O)c1ccc(C)cc1. The highest BCUT2D eigenvalue weighted by atomic mass is 16.3. The van der Waals surface area contributed by atoms with Crippen LogP contribution in [0.15, 0.2) is 48.5 Å². The molecular formula is C18H19NO3. The first-order valence-electron chi connectivity index (χ1n) is 7.12. The van der Waals surface area contributed by atoms with Crippen LogP contribution in [0.25, 0.3) is 0 Å². The number of aliphatic hydroxyl groups is 1. The van der Waals surface area contributed by atoms with E-state index < -0.39 is 6.10 Å². The van der Waals surface area contributed by atoms with Gasteiger partial charge in [0, 0.05) is 12.1 Å². The van der Waals surface area contributed by atoms with Crippen molar-refractivity contribution in [3.05, 3.63) is 70.8 Å². The van der Waals surface area contributed by atoms with Gasteiger partial charge in [0.15, 0.2) is 5.78 Å². The molecule has 2 rings (SSSR count). The van der Waals surface area contributed by atoms with Gasteiger partial charge in [-0.15, -0.1) is 0 Å². The number of Topliss-reactive ketones (excluding diaryl/α,β-unsaturated/α-hetero) is 1. The minimum Gasteiger partial charge on any atom is -0.387 e. The van der Waals surface area contributed by atoms with Crippen LogP contribution in [0.3, 0.4) is 0 Å². The van der Waals surface area contributed by atoms with Crippen molar-refractivity contribution in [1.82, 2.24) is 5.32 Å². The molecule has 0 fully saturated rings. The molecule has 1 amide bonds. The first kappa shape index (κ1) is 15.9. The minimum atomic E-state index is -0.783. The maximum atomic E-state index is 12.2. The molecular weight excluding hydrogens is 278 g/mol. The highest BCUT2D eigenvalue weighted by Gasteiger charge is 2.15. The van der Waals surface area contributed by atoms with Gasteiger partial charge in [0.25, 0.3) is 5.91 Å². The molecule has 22 heavy (non-hydrogen) atoms. The van der Waals surface area contributed by atoms with Gasteiger partial charge in [-0.3, -0.25) is 9.59 Å². The summed E-state index contributed by atoms with van der Waals surface area (Å²) < 4.78 is 0. The number of benzene rings is 2. The third-order valence-corrected chi connectivity index (χ3v) is 3.47. The van der Waals surface area contributed by atoms with Gasteiger partial charge in [0.2, 0.25) is 0 Å². The molecule has 2 aromatic rings. The molecule has 114 valence electrons. The molecule has 0 aromatic heterocycles. The number of aliphatic hydroxyl groups excluding tert-OH is 1. The van der Waals surface area contributed by atoms with Gasteiger partial charge in [-0.25, -0.2) is 0 Å². The summed E-state index contributed by atoms with van der Waals surface area (Å²) in [7, 11) is 0. The molecule has 1 unspecified atom stereocenters. The van der Waals surface area contributed by atoms with Crippen molar-refractivity contribution in [3.8, 4) is 0 Å². The zero-order valence-corrected chi connectivity index (χ0v) is 12.7. The maximum absolute atomic E-state index is 12.2. The smallest absolute Gasteiger partial charge is 0.252 e. The molecule has 0 radical (unpaired) electrons. The lowest BCUT2D eigenvalue weighted by Gasteiger charge is -2.13. The number of aryl methyl sites for hydroxylation is 1. The number of nitrogens with one attached hydrogen (secondary N) is 1. The Kier molecular flexibility index (Phi) is 5.07. The summed E-state index contributed by atoms with van der Waals surface area (Å²) in [6.45, 7) is 3.48. The van der Waals surface area contributed by atoms with Crippen LogP contribution in [-0.2, 0) is 0 Å². The molecule has 0 spiro atoms. The average molecular weight is 297 g/mol. The summed E-state index contributed by atoms with van der Waals surface area (Å²) in [5, 5.41) is 12.8. The lowest BCUT2D eigenvalue weighted by atomic mass is 10.0. The summed E-state index contributed by atoms with van der Waals surface area (Å²) in [6.07, 6.45) is -0.783. The molecule has 0 saturated heterocycles. The van der Waals surface area contributed by atoms with E-state index in [-0.39, 0.29) is 18.2 Å². The van der Waals surface area contributed by atoms with E-state index in [1.54, 1.807) is 24.3 Å². The van der Waals surface area contributed by atoms with E-state index in [1.807, 2.05) is 31.2 Å². The van der Waals surface area contributed by atoms with E-state index in [2.05, 4.69) is 5.32 Å². The Morgan fingerprint density at radius 2 is 1.64 bits per heavy atom. The van der Waals surface area contributed by atoms with Crippen LogP contribution in [0.4, 0.5) is 0 Å². The minimum absolute atomic E-state index is 0.0914. The molecule has 0 aliphatic heterocycles. The predicted octanol–water partition coefficient (Wildman–Crippen LogP) is 2.66. The standard InChI is InChI=1S/C18H19NO3/c1-12-7-9-14(10-8-12)17(21)11-19-18(22)16-6-4-3-5-15(16)13(2)20/h3-10,17,21H,11H2,1-2H3,(H,19,22). The Morgan fingerprint density at radius 3 is 2.23 bits per heavy atom. The summed E-state index contributed by atoms with van der Waals surface area (Å²) in [5.41, 5.74) is 2.55. The van der Waals surface area contributed by atoms with Crippen molar-refractivity contribution in [2.45, 2.75) is 20.0 Å². The molecule has 0 heterocycles. The largest absolute Gasteiger partial charge is 0.387 e. The third-order valence-electron chi connectivity index (χ3n) is 3.47. The first-order valence-corrected chi connectivity index (χ1v) is 7.12. The molecule has 2 aromatic carbocycles. The van der Waals surface area contributed by atoms with E-state index >= 15 is 0 Å². The van der Waals surface area contributed by atoms with E-state index in [0.29, 0.717) is 11.1 Å². The van der Waals surface area contributed by atoms with Crippen LogP contribution in [0, 0.1) is 6.92 Å². The van der Waals surface area contributed by atoms with E-state index in [0.717, 1.165) is 11.1 Å². The lowest BCUT2D eigenvalue weighted by Crippen LogP contribution is -2.29. The molecule has 0 aliphatic carbocycles. The van der Waals surface area contributed by atoms with Gasteiger partial charge in [0.05, 0.1) is 11.7 Å². The number of carbonyl (C=O) groups excluding carboxylic acids is 2. The topological polar surface area (TPSA) is 66.4 Å². The summed E-state index contributed by atoms with van der Waals surface area (Å²) >= 11 is 0. The van der Waals surface area contributed by atoms with Crippen LogP contribution in [-0.4, -0.2) is 23.3 Å². The van der Waals surface area contributed by atoms with Crippen molar-refractivity contribution in [2.24, 2.45) is 0 Å². The molecule has 2 N–H and O–H groups in total. The van der Waals surface area contributed by atoms with Gasteiger partial charge < -0.3 is 10.4 Å². The van der Waals surface area contributed by atoms with Gasteiger partial charge in [-0.1, -0.05) is 48.0 Å². The van der Waals surface area contributed by atoms with Crippen molar-refractivity contribution in [2.75, 3.05) is 6.54 Å². The Hall–Kier alpha value is -2.46. The lowest BCUT2D eigenvalue weighted by molar-refractivity contribution is 0.0906. The van der Waals surface area contributed by atoms with Gasteiger partial charge in [-0.2, -0.15) is 0 Å². The Bertz CT molecular complexity index is 677. The zero-order chi connectivity index (χ0) is 16.1. The van der Waals surface area contributed by atoms with Crippen LogP contribution >= 0.6 is 0 Å². The van der Waals surface area contributed by atoms with Crippen molar-refractivity contribution < 1.29 is 14.7 Å². The summed E-state index contributed by atoms with van der Waals surface area (Å²) in [6, 6.07) is 14.1. The zero-order valence-electron chi connectivity index (χ0n) is 12.7. The summed E-state index contributed by atoms with van der Waals surface area (Å²) in [5.74, 6) is -0.526. The predicted molar refractivity (Wildman–Crippen MR) is 84.9 cm³/mol. The number of rotatable bonds is 5. The van der Waals surface area contributed by atoms with Crippen LogP contribution in [0.1, 0.15) is 44.9 Å². The van der Waals surface area contributed by atoms with E-state index in [1.165, 1.54) is 6.92 Å². The van der Waals surface area contributed by atoms with Gasteiger partial charge in [-0.05, 0) is 25.5 Å². The van der Waals surface area contributed by atoms with Crippen molar-refractivity contribution >= 4 is 11.7 Å². The second kappa shape index (κ2) is 7.00. The normalized spacial score (nSPS) is 11.8. The van der Waals surface area contributed by atoms with Crippen LogP contribution < -0.4 is 5.32 Å². The number of ketones is 1. The second-order valence-corrected chi connectivity index (χ2v) is 5.24. The molecule has 0 saturated carbocycles. The number of amides is 1. The average Bonchev–Trinajstić information content (AvgIpc) is 2.53. The van der Waals surface area contributed by atoms with Crippen molar-refractivity contribution in [3.63, 3.8) is 0 Å². The fourth-order valence-corrected chi connectivity index (χ4v) is 2.18. The summed E-state index contributed by atoms with van der Waals surface area (Å²) in [4.78, 5) is 23.7. The molecule has 1 atom stereocenters. The molecule has 0 aliphatic rings. The van der Waals surface area contributed by atoms with Gasteiger partial charge in [0.1, 0.15) is 0 Å². The fraction of sp³-hybridized carbons (Fsp3) is 0.222. The van der Waals surface area contributed by atoms with Crippen molar-refractivity contribution in [1.29, 1.82) is 0 Å². The highest BCUT2D eigenvalue weighted by molar-refractivity contribution is 6.07. The Balaban J connectivity index is 2.04. The number of hydrogen-bond donors (Lipinski definition) is 2. The van der Waals surface area contributed by atoms with Crippen LogP contribution in [0.2, 0.25) is 0 Å². The highest BCUT2D eigenvalue weighted by Crippen LogP contribution is 2.14. The van der Waals surface area contributed by atoms with Gasteiger partial charge >= 0.3 is 0 Å². The fourth-order valence-electron chi connectivity index (χ4n) is 2.18. The molecule has 4 nitrogen and oxygen atoms in total. The monoisotopic (exact) mass is 297 g/mol. The Morgan fingerprint density at radius 1 is 1.05 bits per heavy atom. The molecule has 0 bridgehead atoms. The second-order valence-electron chi connectivity index (χ2n) is 5.24. The Labute approximate surface area is 129 Å². The van der Waals surface area contributed by atoms with E-state index in [9.17, 15) is 14.7 Å². The quantitative estimate of drug-likeness (QED) is 0.834. The maximum Gasteiger partial charge on any atom is 0.252 e. The number of carbonyl (C=O) groups is 2. The third kappa shape index (κ3) is 3.80. The van der Waals surface area contributed by atoms with Crippen LogP contribution in [0.5, 0.6) is 0 Å². The molecule has 4 heteroatoms.